The van der Waals surface area contributed by atoms with Crippen molar-refractivity contribution in [1.29, 1.82) is 0 Å². The second-order valence-electron chi connectivity index (χ2n) is 2.86. The van der Waals surface area contributed by atoms with Crippen LogP contribution in [0.25, 0.3) is 0 Å². The minimum atomic E-state index is -3.52. The van der Waals surface area contributed by atoms with Crippen molar-refractivity contribution in [2.45, 2.75) is 6.42 Å². The summed E-state index contributed by atoms with van der Waals surface area (Å²) in [4.78, 5) is 10.2. The highest BCUT2D eigenvalue weighted by Gasteiger charge is 2.17. The predicted octanol–water partition coefficient (Wildman–Crippen LogP) is -0.410. The molecule has 0 heterocycles. The Morgan fingerprint density at radius 1 is 1.53 bits per heavy atom. The number of nitrogens with one attached hydrogen (secondary N) is 1. The Hall–Kier alpha value is -0.310. The first kappa shape index (κ1) is 14.7. The number of nitrogens with zero attached hydrogens (tertiary/aromatic N) is 1. The zero-order valence-electron chi connectivity index (χ0n) is 8.76. The van der Waals surface area contributed by atoms with Crippen LogP contribution < -0.4 is 4.72 Å². The van der Waals surface area contributed by atoms with Crippen LogP contribution >= 0.6 is 11.8 Å². The van der Waals surface area contributed by atoms with Crippen molar-refractivity contribution in [2.75, 3.05) is 32.1 Å². The normalized spacial score (nSPS) is 11.9. The molecule has 2 N–H and O–H groups in total. The van der Waals surface area contributed by atoms with E-state index in [1.807, 2.05) is 6.26 Å². The van der Waals surface area contributed by atoms with Gasteiger partial charge in [0, 0.05) is 25.9 Å². The minimum Gasteiger partial charge on any atom is -0.481 e. The lowest BCUT2D eigenvalue weighted by atomic mass is 10.4. The monoisotopic (exact) mass is 256 g/mol. The van der Waals surface area contributed by atoms with E-state index in [0.717, 1.165) is 4.31 Å². The standard InChI is InChI=1S/C7H16N2O4S2/c1-9(5-3-7(10)11)15(12,13)8-4-6-14-2/h8H,3-6H2,1-2H3,(H,10,11). The van der Waals surface area contributed by atoms with Crippen LogP contribution in [0.3, 0.4) is 0 Å². The second-order valence-corrected chi connectivity index (χ2v) is 5.71. The maximum atomic E-state index is 11.4. The number of hydrogen-bond donors (Lipinski definition) is 2. The third kappa shape index (κ3) is 6.72. The molecule has 0 spiro atoms. The van der Waals surface area contributed by atoms with E-state index in [-0.39, 0.29) is 13.0 Å². The Bertz CT molecular complexity index is 291. The van der Waals surface area contributed by atoms with Crippen molar-refractivity contribution >= 4 is 27.9 Å². The van der Waals surface area contributed by atoms with Crippen molar-refractivity contribution < 1.29 is 18.3 Å². The average Bonchev–Trinajstić information content (AvgIpc) is 2.14. The zero-order chi connectivity index (χ0) is 11.9. The Morgan fingerprint density at radius 2 is 2.13 bits per heavy atom. The van der Waals surface area contributed by atoms with Gasteiger partial charge in [-0.25, -0.2) is 4.72 Å². The van der Waals surface area contributed by atoms with E-state index in [4.69, 9.17) is 5.11 Å². The molecule has 8 heteroatoms. The van der Waals surface area contributed by atoms with Crippen molar-refractivity contribution in [1.82, 2.24) is 9.03 Å². The van der Waals surface area contributed by atoms with Gasteiger partial charge in [-0.1, -0.05) is 0 Å². The van der Waals surface area contributed by atoms with Crippen LogP contribution in [-0.4, -0.2) is 55.9 Å². The first-order chi connectivity index (χ1) is 6.90. The van der Waals surface area contributed by atoms with Gasteiger partial charge < -0.3 is 5.11 Å². The molecule has 0 fully saturated rings. The first-order valence-corrected chi connectivity index (χ1v) is 7.15. The summed E-state index contributed by atoms with van der Waals surface area (Å²) < 4.78 is 26.2. The molecule has 0 amide bonds. The highest BCUT2D eigenvalue weighted by Crippen LogP contribution is 1.96. The summed E-state index contributed by atoms with van der Waals surface area (Å²) in [6.45, 7) is 0.324. The molecule has 90 valence electrons. The van der Waals surface area contributed by atoms with Crippen molar-refractivity contribution in [3.63, 3.8) is 0 Å². The number of aliphatic carboxylic acids is 1. The molecule has 6 nitrogen and oxygen atoms in total. The fraction of sp³-hybridized carbons (Fsp3) is 0.857. The summed E-state index contributed by atoms with van der Waals surface area (Å²) in [6, 6.07) is 0. The third-order valence-corrected chi connectivity index (χ3v) is 3.83. The van der Waals surface area contributed by atoms with Gasteiger partial charge in [-0.2, -0.15) is 24.5 Å². The molecule has 0 aromatic heterocycles. The highest BCUT2D eigenvalue weighted by atomic mass is 32.2. The molecule has 15 heavy (non-hydrogen) atoms. The second kappa shape index (κ2) is 7.04. The molecule has 0 aromatic carbocycles. The van der Waals surface area contributed by atoms with Gasteiger partial charge in [0.15, 0.2) is 0 Å². The van der Waals surface area contributed by atoms with E-state index in [1.165, 1.54) is 18.8 Å². The van der Waals surface area contributed by atoms with Gasteiger partial charge in [0.2, 0.25) is 0 Å². The van der Waals surface area contributed by atoms with Crippen LogP contribution in [0.4, 0.5) is 0 Å². The summed E-state index contributed by atoms with van der Waals surface area (Å²) in [5.41, 5.74) is 0. The largest absolute Gasteiger partial charge is 0.481 e. The van der Waals surface area contributed by atoms with Gasteiger partial charge in [-0.3, -0.25) is 4.79 Å². The molecule has 0 aliphatic heterocycles. The minimum absolute atomic E-state index is 0.0239. The molecule has 0 aliphatic carbocycles. The number of rotatable bonds is 8. The molecular formula is C7H16N2O4S2. The van der Waals surface area contributed by atoms with Crippen molar-refractivity contribution in [2.24, 2.45) is 0 Å². The van der Waals surface area contributed by atoms with Crippen LogP contribution in [0.1, 0.15) is 6.42 Å². The smallest absolute Gasteiger partial charge is 0.304 e. The molecule has 0 aliphatic rings. The van der Waals surface area contributed by atoms with Crippen LogP contribution in [0.2, 0.25) is 0 Å². The maximum absolute atomic E-state index is 11.4. The lowest BCUT2D eigenvalue weighted by molar-refractivity contribution is -0.137. The molecule has 0 atom stereocenters. The summed E-state index contributed by atoms with van der Waals surface area (Å²) in [7, 11) is -2.17. The Morgan fingerprint density at radius 3 is 2.60 bits per heavy atom. The average molecular weight is 256 g/mol. The molecule has 0 rings (SSSR count). The van der Waals surface area contributed by atoms with Gasteiger partial charge in [0.1, 0.15) is 0 Å². The number of carboxylic acids is 1. The molecule has 0 saturated heterocycles. The summed E-state index contributed by atoms with van der Waals surface area (Å²) in [6.07, 6.45) is 1.68. The van der Waals surface area contributed by atoms with E-state index in [2.05, 4.69) is 4.72 Å². The van der Waals surface area contributed by atoms with E-state index >= 15 is 0 Å². The van der Waals surface area contributed by atoms with Gasteiger partial charge in [0.25, 0.3) is 10.2 Å². The first-order valence-electron chi connectivity index (χ1n) is 4.32. The Balaban J connectivity index is 4.03. The van der Waals surface area contributed by atoms with E-state index < -0.39 is 16.2 Å². The van der Waals surface area contributed by atoms with E-state index in [0.29, 0.717) is 12.3 Å². The predicted molar refractivity (Wildman–Crippen MR) is 60.2 cm³/mol. The number of carboxylic acid groups (broad SMARTS) is 1. The Labute approximate surface area is 94.2 Å². The van der Waals surface area contributed by atoms with Gasteiger partial charge in [-0.15, -0.1) is 0 Å². The summed E-state index contributed by atoms with van der Waals surface area (Å²) in [5.74, 6) is -0.326. The fourth-order valence-corrected chi connectivity index (χ4v) is 2.10. The topological polar surface area (TPSA) is 86.7 Å². The SMILES string of the molecule is CSCCNS(=O)(=O)N(C)CCC(=O)O. The van der Waals surface area contributed by atoms with Crippen LogP contribution in [0.5, 0.6) is 0 Å². The zero-order valence-corrected chi connectivity index (χ0v) is 10.4. The molecule has 0 radical (unpaired) electrons. The number of carbonyl (C=O) groups is 1. The van der Waals surface area contributed by atoms with Gasteiger partial charge >= 0.3 is 5.97 Å². The summed E-state index contributed by atoms with van der Waals surface area (Å²) >= 11 is 1.53. The summed E-state index contributed by atoms with van der Waals surface area (Å²) in [5, 5.41) is 8.40. The van der Waals surface area contributed by atoms with Crippen LogP contribution in [0, 0.1) is 0 Å². The third-order valence-electron chi connectivity index (χ3n) is 1.64. The molecular weight excluding hydrogens is 240 g/mol. The van der Waals surface area contributed by atoms with Crippen LogP contribution in [0.15, 0.2) is 0 Å². The molecule has 0 aromatic rings. The quantitative estimate of drug-likeness (QED) is 0.577. The van der Waals surface area contributed by atoms with Crippen molar-refractivity contribution in [3.8, 4) is 0 Å². The van der Waals surface area contributed by atoms with E-state index in [1.54, 1.807) is 0 Å². The Kier molecular flexibility index (Phi) is 6.90. The molecule has 0 saturated carbocycles. The van der Waals surface area contributed by atoms with E-state index in [9.17, 15) is 13.2 Å². The lowest BCUT2D eigenvalue weighted by Gasteiger charge is -2.16. The lowest BCUT2D eigenvalue weighted by Crippen LogP contribution is -2.40. The molecule has 0 unspecified atom stereocenters. The molecule has 0 bridgehead atoms. The van der Waals surface area contributed by atoms with Gasteiger partial charge in [0.05, 0.1) is 6.42 Å². The van der Waals surface area contributed by atoms with Crippen molar-refractivity contribution in [3.05, 3.63) is 0 Å². The fourth-order valence-electron chi connectivity index (χ4n) is 0.756. The number of hydrogen-bond acceptors (Lipinski definition) is 4. The number of thioether (sulfide) groups is 1. The van der Waals surface area contributed by atoms with Crippen LogP contribution in [-0.2, 0) is 15.0 Å². The van der Waals surface area contributed by atoms with Gasteiger partial charge in [-0.05, 0) is 6.26 Å². The maximum Gasteiger partial charge on any atom is 0.304 e. The highest BCUT2D eigenvalue weighted by molar-refractivity contribution is 7.98.